The molecule has 1 aliphatic heterocycles. The van der Waals surface area contributed by atoms with E-state index in [9.17, 15) is 9.59 Å². The largest absolute Gasteiger partial charge is 0.343 e. The summed E-state index contributed by atoms with van der Waals surface area (Å²) < 4.78 is 0. The second-order valence-corrected chi connectivity index (χ2v) is 7.00. The Labute approximate surface area is 123 Å². The molecule has 2 atom stereocenters. The molecule has 0 aliphatic carbocycles. The van der Waals surface area contributed by atoms with Gasteiger partial charge < -0.3 is 10.2 Å². The van der Waals surface area contributed by atoms with Gasteiger partial charge in [0.25, 0.3) is 0 Å². The first-order valence-corrected chi connectivity index (χ1v) is 7.72. The summed E-state index contributed by atoms with van der Waals surface area (Å²) in [6.07, 6.45) is 2.46. The molecule has 5 nitrogen and oxygen atoms in total. The second-order valence-electron chi connectivity index (χ2n) is 5.68. The molecular weight excluding hydrogens is 274 g/mol. The van der Waals surface area contributed by atoms with Crippen molar-refractivity contribution in [1.29, 1.82) is 0 Å². The number of amides is 2. The number of nitrogens with zero attached hydrogens (tertiary/aromatic N) is 2. The maximum absolute atomic E-state index is 12.5. The van der Waals surface area contributed by atoms with Crippen molar-refractivity contribution in [1.82, 2.24) is 15.2 Å². The second kappa shape index (κ2) is 5.91. The van der Waals surface area contributed by atoms with E-state index in [1.165, 1.54) is 0 Å². The Kier molecular flexibility index (Phi) is 4.42. The molecule has 2 amide bonds. The summed E-state index contributed by atoms with van der Waals surface area (Å²) in [5.41, 5.74) is 0. The number of piperazine rings is 1. The Morgan fingerprint density at radius 3 is 2.70 bits per heavy atom. The SMILES string of the molecule is Cc1ncc(CN2C(=O)C(CC(C)C)NC(=O)C2C)s1. The number of hydrogen-bond donors (Lipinski definition) is 1. The van der Waals surface area contributed by atoms with E-state index in [1.54, 1.807) is 29.4 Å². The molecule has 0 bridgehead atoms. The number of aromatic nitrogens is 1. The van der Waals surface area contributed by atoms with Crippen LogP contribution in [-0.2, 0) is 16.1 Å². The van der Waals surface area contributed by atoms with Gasteiger partial charge in [0.05, 0.1) is 11.6 Å². The predicted molar refractivity (Wildman–Crippen MR) is 78.2 cm³/mol. The lowest BCUT2D eigenvalue weighted by Crippen LogP contribution is -2.62. The third-order valence-corrected chi connectivity index (χ3v) is 4.34. The van der Waals surface area contributed by atoms with Crippen LogP contribution in [0.1, 0.15) is 37.1 Å². The summed E-state index contributed by atoms with van der Waals surface area (Å²) >= 11 is 1.57. The molecule has 0 saturated carbocycles. The molecule has 1 fully saturated rings. The van der Waals surface area contributed by atoms with Crippen molar-refractivity contribution in [2.45, 2.75) is 52.7 Å². The number of hydrogen-bond acceptors (Lipinski definition) is 4. The number of aryl methyl sites for hydroxylation is 1. The molecule has 0 aromatic carbocycles. The maximum Gasteiger partial charge on any atom is 0.246 e. The minimum atomic E-state index is -0.423. The average Bonchev–Trinajstić information content (AvgIpc) is 2.77. The third-order valence-electron chi connectivity index (χ3n) is 3.45. The predicted octanol–water partition coefficient (Wildman–Crippen LogP) is 1.71. The van der Waals surface area contributed by atoms with Gasteiger partial charge in [0.1, 0.15) is 12.1 Å². The van der Waals surface area contributed by atoms with Crippen molar-refractivity contribution >= 4 is 23.2 Å². The lowest BCUT2D eigenvalue weighted by Gasteiger charge is -2.37. The van der Waals surface area contributed by atoms with E-state index in [-0.39, 0.29) is 11.8 Å². The first kappa shape index (κ1) is 15.0. The van der Waals surface area contributed by atoms with E-state index in [0.717, 1.165) is 9.88 Å². The van der Waals surface area contributed by atoms with E-state index in [4.69, 9.17) is 0 Å². The molecule has 20 heavy (non-hydrogen) atoms. The Hall–Kier alpha value is -1.43. The zero-order valence-electron chi connectivity index (χ0n) is 12.3. The molecule has 1 aromatic heterocycles. The third kappa shape index (κ3) is 3.17. The van der Waals surface area contributed by atoms with Gasteiger partial charge in [0, 0.05) is 11.1 Å². The fourth-order valence-corrected chi connectivity index (χ4v) is 3.17. The maximum atomic E-state index is 12.5. The smallest absolute Gasteiger partial charge is 0.246 e. The van der Waals surface area contributed by atoms with Gasteiger partial charge in [0.2, 0.25) is 11.8 Å². The van der Waals surface area contributed by atoms with Gasteiger partial charge in [-0.3, -0.25) is 9.59 Å². The van der Waals surface area contributed by atoms with Gasteiger partial charge in [-0.15, -0.1) is 11.3 Å². The first-order valence-electron chi connectivity index (χ1n) is 6.90. The highest BCUT2D eigenvalue weighted by Crippen LogP contribution is 2.21. The normalized spacial score (nSPS) is 23.4. The summed E-state index contributed by atoms with van der Waals surface area (Å²) in [6.45, 7) is 8.27. The van der Waals surface area contributed by atoms with E-state index in [1.807, 2.05) is 20.8 Å². The highest BCUT2D eigenvalue weighted by molar-refractivity contribution is 7.11. The molecule has 0 radical (unpaired) electrons. The zero-order chi connectivity index (χ0) is 14.9. The fourth-order valence-electron chi connectivity index (χ4n) is 2.38. The Bertz CT molecular complexity index is 512. The van der Waals surface area contributed by atoms with Gasteiger partial charge in [-0.25, -0.2) is 4.98 Å². The molecule has 110 valence electrons. The van der Waals surface area contributed by atoms with Crippen LogP contribution in [-0.4, -0.2) is 33.8 Å². The van der Waals surface area contributed by atoms with E-state index in [2.05, 4.69) is 10.3 Å². The first-order chi connectivity index (χ1) is 9.38. The molecule has 2 unspecified atom stereocenters. The summed E-state index contributed by atoms with van der Waals surface area (Å²) in [6, 6.07) is -0.818. The molecule has 2 rings (SSSR count). The summed E-state index contributed by atoms with van der Waals surface area (Å²) in [7, 11) is 0. The lowest BCUT2D eigenvalue weighted by atomic mass is 9.99. The zero-order valence-corrected chi connectivity index (χ0v) is 13.2. The molecule has 2 heterocycles. The number of rotatable bonds is 4. The van der Waals surface area contributed by atoms with Crippen molar-refractivity contribution < 1.29 is 9.59 Å². The molecule has 1 saturated heterocycles. The highest BCUT2D eigenvalue weighted by Gasteiger charge is 2.38. The van der Waals surface area contributed by atoms with Crippen molar-refractivity contribution in [2.75, 3.05) is 0 Å². The number of carbonyl (C=O) groups is 2. The quantitative estimate of drug-likeness (QED) is 0.920. The highest BCUT2D eigenvalue weighted by atomic mass is 32.1. The van der Waals surface area contributed by atoms with Crippen molar-refractivity contribution in [3.8, 4) is 0 Å². The van der Waals surface area contributed by atoms with Crippen LogP contribution in [0.3, 0.4) is 0 Å². The molecular formula is C14H21N3O2S. The van der Waals surface area contributed by atoms with Crippen LogP contribution in [0.4, 0.5) is 0 Å². The summed E-state index contributed by atoms with van der Waals surface area (Å²) in [5, 5.41) is 3.80. The Morgan fingerprint density at radius 2 is 2.15 bits per heavy atom. The summed E-state index contributed by atoms with van der Waals surface area (Å²) in [4.78, 5) is 31.4. The van der Waals surface area contributed by atoms with Crippen molar-refractivity contribution in [2.24, 2.45) is 5.92 Å². The van der Waals surface area contributed by atoms with Crippen LogP contribution < -0.4 is 5.32 Å². The van der Waals surface area contributed by atoms with E-state index < -0.39 is 12.1 Å². The van der Waals surface area contributed by atoms with Gasteiger partial charge in [-0.1, -0.05) is 13.8 Å². The van der Waals surface area contributed by atoms with Gasteiger partial charge in [-0.05, 0) is 26.2 Å². The minimum absolute atomic E-state index is 0.0110. The standard InChI is InChI=1S/C14H21N3O2S/c1-8(2)5-12-14(19)17(9(3)13(18)16-12)7-11-6-15-10(4)20-11/h6,8-9,12H,5,7H2,1-4H3,(H,16,18). The summed E-state index contributed by atoms with van der Waals surface area (Å²) in [5.74, 6) is 0.304. The lowest BCUT2D eigenvalue weighted by molar-refractivity contribution is -0.149. The van der Waals surface area contributed by atoms with Crippen LogP contribution in [0.5, 0.6) is 0 Å². The molecule has 0 spiro atoms. The number of nitrogens with one attached hydrogen (secondary N) is 1. The average molecular weight is 295 g/mol. The Balaban J connectivity index is 2.15. The van der Waals surface area contributed by atoms with E-state index in [0.29, 0.717) is 18.9 Å². The molecule has 6 heteroatoms. The topological polar surface area (TPSA) is 62.3 Å². The van der Waals surface area contributed by atoms with Crippen LogP contribution in [0, 0.1) is 12.8 Å². The van der Waals surface area contributed by atoms with Crippen LogP contribution in [0.15, 0.2) is 6.20 Å². The van der Waals surface area contributed by atoms with Crippen LogP contribution >= 0.6 is 11.3 Å². The van der Waals surface area contributed by atoms with E-state index >= 15 is 0 Å². The monoisotopic (exact) mass is 295 g/mol. The minimum Gasteiger partial charge on any atom is -0.343 e. The van der Waals surface area contributed by atoms with Crippen LogP contribution in [0.2, 0.25) is 0 Å². The Morgan fingerprint density at radius 1 is 1.45 bits per heavy atom. The van der Waals surface area contributed by atoms with Gasteiger partial charge >= 0.3 is 0 Å². The number of carbonyl (C=O) groups excluding carboxylic acids is 2. The fraction of sp³-hybridized carbons (Fsp3) is 0.643. The number of thiazole rings is 1. The van der Waals surface area contributed by atoms with Crippen LogP contribution in [0.25, 0.3) is 0 Å². The van der Waals surface area contributed by atoms with Gasteiger partial charge in [-0.2, -0.15) is 0 Å². The molecule has 1 aromatic rings. The molecule has 1 aliphatic rings. The van der Waals surface area contributed by atoms with Crippen molar-refractivity contribution in [3.05, 3.63) is 16.1 Å². The van der Waals surface area contributed by atoms with Gasteiger partial charge in [0.15, 0.2) is 0 Å². The van der Waals surface area contributed by atoms with Crippen molar-refractivity contribution in [3.63, 3.8) is 0 Å². The molecule has 1 N–H and O–H groups in total.